The molecule has 3 aliphatic rings. The number of piperidine rings is 3. The molecule has 0 spiro atoms. The number of phenolic OH excluding ortho intramolecular Hbond substituents is 1. The zero-order chi connectivity index (χ0) is 26.6. The van der Waals surface area contributed by atoms with E-state index in [1.807, 2.05) is 30.3 Å². The standard InChI is InChI=1S/C29H36N2O6.BrH/c1-29(2,3)37-28(35)30-24(17-20-9-11-23(32)12-10-20)27(34)36-26-19-31(15-13-22(26)14-16-31)18-25(33)21-7-5-4-6-8-21;/h4-12,22,24,26H,13-19H2,1-3H3,(H-,30,32,35);1H. The van der Waals surface area contributed by atoms with Crippen molar-refractivity contribution in [3.8, 4) is 5.75 Å². The van der Waals surface area contributed by atoms with Crippen LogP contribution in [0.25, 0.3) is 0 Å². The third kappa shape index (κ3) is 7.80. The summed E-state index contributed by atoms with van der Waals surface area (Å²) in [5.41, 5.74) is 0.753. The zero-order valence-corrected chi connectivity index (χ0v) is 23.8. The van der Waals surface area contributed by atoms with E-state index in [0.717, 1.165) is 31.5 Å². The molecule has 0 saturated carbocycles. The summed E-state index contributed by atoms with van der Waals surface area (Å²) in [6.07, 6.45) is 0.965. The number of benzene rings is 2. The predicted octanol–water partition coefficient (Wildman–Crippen LogP) is 0.867. The molecule has 0 radical (unpaired) electrons. The van der Waals surface area contributed by atoms with E-state index < -0.39 is 23.7 Å². The first-order valence-electron chi connectivity index (χ1n) is 12.9. The van der Waals surface area contributed by atoms with Gasteiger partial charge in [0, 0.05) is 30.7 Å². The van der Waals surface area contributed by atoms with Gasteiger partial charge in [0.15, 0.2) is 6.10 Å². The second kappa shape index (κ2) is 12.3. The van der Waals surface area contributed by atoms with E-state index >= 15 is 0 Å². The fourth-order valence-electron chi connectivity index (χ4n) is 5.34. The maximum absolute atomic E-state index is 13.4. The molecular formula is C29H37BrN2O6. The highest BCUT2D eigenvalue weighted by atomic mass is 79.9. The van der Waals surface area contributed by atoms with Crippen molar-refractivity contribution in [1.29, 1.82) is 0 Å². The number of esters is 1. The van der Waals surface area contributed by atoms with Crippen molar-refractivity contribution < 1.29 is 50.4 Å². The molecule has 0 aromatic heterocycles. The Bertz CT molecular complexity index is 1110. The SMILES string of the molecule is CC(C)(C)OC(=O)NC(Cc1ccc(O)cc1)C(=O)OC1C[N+]2(CC(=O)c3ccccc3)CCC1CC2.[Br-]. The Morgan fingerprint density at radius 1 is 1.03 bits per heavy atom. The lowest BCUT2D eigenvalue weighted by Gasteiger charge is -2.51. The average Bonchev–Trinajstić information content (AvgIpc) is 2.85. The van der Waals surface area contributed by atoms with Gasteiger partial charge in [0.2, 0.25) is 5.78 Å². The van der Waals surface area contributed by atoms with E-state index in [4.69, 9.17) is 9.47 Å². The molecule has 206 valence electrons. The third-order valence-electron chi connectivity index (χ3n) is 7.24. The molecule has 2 atom stereocenters. The van der Waals surface area contributed by atoms with Crippen LogP contribution in [0.15, 0.2) is 54.6 Å². The Labute approximate surface area is 234 Å². The van der Waals surface area contributed by atoms with Crippen LogP contribution in [0.3, 0.4) is 0 Å². The van der Waals surface area contributed by atoms with Gasteiger partial charge in [-0.05, 0) is 38.5 Å². The first-order valence-corrected chi connectivity index (χ1v) is 12.9. The van der Waals surface area contributed by atoms with Gasteiger partial charge < -0.3 is 41.4 Å². The van der Waals surface area contributed by atoms with Crippen molar-refractivity contribution in [3.63, 3.8) is 0 Å². The summed E-state index contributed by atoms with van der Waals surface area (Å²) >= 11 is 0. The minimum absolute atomic E-state index is 0. The molecule has 3 heterocycles. The number of nitrogens with one attached hydrogen (secondary N) is 1. The highest BCUT2D eigenvalue weighted by Gasteiger charge is 2.49. The third-order valence-corrected chi connectivity index (χ3v) is 7.24. The van der Waals surface area contributed by atoms with E-state index in [0.29, 0.717) is 23.1 Å². The fourth-order valence-corrected chi connectivity index (χ4v) is 5.34. The van der Waals surface area contributed by atoms with Gasteiger partial charge >= 0.3 is 12.1 Å². The molecule has 2 bridgehead atoms. The molecule has 0 aliphatic carbocycles. The summed E-state index contributed by atoms with van der Waals surface area (Å²) in [6.45, 7) is 8.03. The summed E-state index contributed by atoms with van der Waals surface area (Å²) < 4.78 is 12.0. The van der Waals surface area contributed by atoms with Gasteiger partial charge in [0.1, 0.15) is 30.5 Å². The van der Waals surface area contributed by atoms with Crippen LogP contribution in [-0.4, -0.2) is 71.4 Å². The van der Waals surface area contributed by atoms with Gasteiger partial charge in [-0.1, -0.05) is 42.5 Å². The van der Waals surface area contributed by atoms with E-state index in [-0.39, 0.29) is 47.0 Å². The topological polar surface area (TPSA) is 102 Å². The number of phenols is 1. The molecule has 9 heteroatoms. The Hall–Kier alpha value is -2.91. The molecule has 2 N–H and O–H groups in total. The van der Waals surface area contributed by atoms with Gasteiger partial charge in [0.25, 0.3) is 0 Å². The number of amides is 1. The normalized spacial score (nSPS) is 23.0. The number of ketones is 1. The van der Waals surface area contributed by atoms with Crippen molar-refractivity contribution in [2.24, 2.45) is 5.92 Å². The number of rotatable bonds is 8. The molecule has 2 unspecified atom stereocenters. The Balaban J connectivity index is 0.00000400. The van der Waals surface area contributed by atoms with Crippen LogP contribution in [0.5, 0.6) is 5.75 Å². The Kier molecular flexibility index (Phi) is 9.59. The minimum atomic E-state index is -0.950. The first kappa shape index (κ1) is 29.6. The Morgan fingerprint density at radius 2 is 1.66 bits per heavy atom. The van der Waals surface area contributed by atoms with Crippen LogP contribution in [-0.2, 0) is 20.7 Å². The summed E-state index contributed by atoms with van der Waals surface area (Å²) in [7, 11) is 0. The quantitative estimate of drug-likeness (QED) is 0.269. The highest BCUT2D eigenvalue weighted by Crippen LogP contribution is 2.36. The summed E-state index contributed by atoms with van der Waals surface area (Å²) in [6, 6.07) is 14.8. The number of nitrogens with zero attached hydrogens (tertiary/aromatic N) is 1. The second-order valence-electron chi connectivity index (χ2n) is 11.3. The number of Topliss-reactive ketones (excluding diaryl/α,β-unsaturated/α-hetero) is 1. The molecule has 1 amide bonds. The van der Waals surface area contributed by atoms with Crippen molar-refractivity contribution in [1.82, 2.24) is 5.32 Å². The predicted molar refractivity (Wildman–Crippen MR) is 138 cm³/mol. The van der Waals surface area contributed by atoms with E-state index in [1.54, 1.807) is 32.9 Å². The Morgan fingerprint density at radius 3 is 2.26 bits per heavy atom. The molecule has 3 aliphatic heterocycles. The van der Waals surface area contributed by atoms with Crippen LogP contribution < -0.4 is 22.3 Å². The van der Waals surface area contributed by atoms with Crippen LogP contribution in [0.4, 0.5) is 4.79 Å². The van der Waals surface area contributed by atoms with Crippen LogP contribution in [0.2, 0.25) is 0 Å². The summed E-state index contributed by atoms with van der Waals surface area (Å²) in [4.78, 5) is 38.9. The molecule has 2 aromatic carbocycles. The molecule has 3 saturated heterocycles. The summed E-state index contributed by atoms with van der Waals surface area (Å²) in [5.74, 6) is -0.0611. The lowest BCUT2D eigenvalue weighted by molar-refractivity contribution is -0.938. The van der Waals surface area contributed by atoms with Crippen LogP contribution >= 0.6 is 0 Å². The number of hydrogen-bond acceptors (Lipinski definition) is 6. The molecule has 8 nitrogen and oxygen atoms in total. The number of alkyl carbamates (subject to hydrolysis) is 1. The first-order chi connectivity index (χ1) is 17.5. The molecule has 5 rings (SSSR count). The molecular weight excluding hydrogens is 552 g/mol. The van der Waals surface area contributed by atoms with Crippen molar-refractivity contribution in [2.45, 2.75) is 57.8 Å². The molecule has 3 fully saturated rings. The van der Waals surface area contributed by atoms with Crippen molar-refractivity contribution >= 4 is 17.8 Å². The lowest BCUT2D eigenvalue weighted by Crippen LogP contribution is -3.00. The average molecular weight is 590 g/mol. The van der Waals surface area contributed by atoms with Gasteiger partial charge in [-0.2, -0.15) is 0 Å². The highest BCUT2D eigenvalue weighted by molar-refractivity contribution is 5.97. The van der Waals surface area contributed by atoms with Crippen LogP contribution in [0, 0.1) is 5.92 Å². The largest absolute Gasteiger partial charge is 1.00 e. The smallest absolute Gasteiger partial charge is 0.408 e. The fraction of sp³-hybridized carbons (Fsp3) is 0.483. The second-order valence-corrected chi connectivity index (χ2v) is 11.3. The van der Waals surface area contributed by atoms with Gasteiger partial charge in [-0.25, -0.2) is 9.59 Å². The number of carbonyl (C=O) groups is 3. The van der Waals surface area contributed by atoms with E-state index in [9.17, 15) is 19.5 Å². The molecule has 38 heavy (non-hydrogen) atoms. The number of carbonyl (C=O) groups excluding carboxylic acids is 3. The number of hydrogen-bond donors (Lipinski definition) is 2. The molecule has 2 aromatic rings. The van der Waals surface area contributed by atoms with E-state index in [1.165, 1.54) is 12.1 Å². The van der Waals surface area contributed by atoms with Gasteiger partial charge in [-0.15, -0.1) is 0 Å². The zero-order valence-electron chi connectivity index (χ0n) is 22.2. The van der Waals surface area contributed by atoms with Gasteiger partial charge in [0.05, 0.1) is 13.1 Å². The maximum Gasteiger partial charge on any atom is 0.408 e. The number of halogens is 1. The summed E-state index contributed by atoms with van der Waals surface area (Å²) in [5, 5.41) is 12.3. The minimum Gasteiger partial charge on any atom is -1.00 e. The van der Waals surface area contributed by atoms with Crippen LogP contribution in [0.1, 0.15) is 49.5 Å². The van der Waals surface area contributed by atoms with Crippen molar-refractivity contribution in [2.75, 3.05) is 26.2 Å². The number of ether oxygens (including phenoxy) is 2. The maximum atomic E-state index is 13.4. The number of fused-ring (bicyclic) bond motifs is 3. The van der Waals surface area contributed by atoms with E-state index in [2.05, 4.69) is 5.32 Å². The lowest BCUT2D eigenvalue weighted by atomic mass is 9.82. The monoisotopic (exact) mass is 588 g/mol. The number of aromatic hydroxyl groups is 1. The number of quaternary nitrogens is 1. The van der Waals surface area contributed by atoms with Crippen molar-refractivity contribution in [3.05, 3.63) is 65.7 Å². The van der Waals surface area contributed by atoms with Gasteiger partial charge in [-0.3, -0.25) is 4.79 Å².